The Hall–Kier alpha value is -3.39. The van der Waals surface area contributed by atoms with Gasteiger partial charge in [0, 0.05) is 12.5 Å². The number of rotatable bonds is 8. The molecule has 1 aliphatic carbocycles. The van der Waals surface area contributed by atoms with Crippen LogP contribution in [0.1, 0.15) is 50.2 Å². The molecule has 4 rings (SSSR count). The van der Waals surface area contributed by atoms with Gasteiger partial charge in [-0.3, -0.25) is 4.79 Å². The number of alkyl carbamates (subject to hydrolysis) is 1. The number of carboxylic acids is 1. The smallest absolute Gasteiger partial charge is 0.408 e. The normalized spacial score (nSPS) is 19.2. The van der Waals surface area contributed by atoms with Crippen molar-refractivity contribution in [3.63, 3.8) is 0 Å². The molecule has 3 N–H and O–H groups in total. The van der Waals surface area contributed by atoms with Crippen molar-refractivity contribution in [2.75, 3.05) is 13.2 Å². The van der Waals surface area contributed by atoms with Gasteiger partial charge in [-0.05, 0) is 41.5 Å². The summed E-state index contributed by atoms with van der Waals surface area (Å²) in [5.41, 5.74) is 3.26. The molecule has 0 spiro atoms. The van der Waals surface area contributed by atoms with Gasteiger partial charge in [-0.25, -0.2) is 9.59 Å². The number of hydrogen-bond donors (Lipinski definition) is 3. The second kappa shape index (κ2) is 9.85. The van der Waals surface area contributed by atoms with E-state index in [0.29, 0.717) is 19.3 Å². The number of carbonyl (C=O) groups excluding carboxylic acids is 2. The SMILES string of the molecule is CCC(CC)(NC(=O)OCC1c2ccccc2-c2ccccc21)C(=O)NC1CCOC1C(=O)O. The third kappa shape index (κ3) is 4.37. The van der Waals surface area contributed by atoms with Crippen molar-refractivity contribution in [1.29, 1.82) is 0 Å². The van der Waals surface area contributed by atoms with Crippen molar-refractivity contribution in [2.45, 2.75) is 56.7 Å². The number of carbonyl (C=O) groups is 3. The molecule has 2 aromatic rings. The molecule has 0 radical (unpaired) electrons. The van der Waals surface area contributed by atoms with Crippen LogP contribution in [0.5, 0.6) is 0 Å². The van der Waals surface area contributed by atoms with Crippen LogP contribution in [0.4, 0.5) is 4.79 Å². The number of carboxylic acid groups (broad SMARTS) is 1. The lowest BCUT2D eigenvalue weighted by Crippen LogP contribution is -2.61. The number of aliphatic carboxylic acids is 1. The number of nitrogens with one attached hydrogen (secondary N) is 2. The van der Waals surface area contributed by atoms with Gasteiger partial charge in [0.25, 0.3) is 0 Å². The average Bonchev–Trinajstić information content (AvgIpc) is 3.44. The predicted octanol–water partition coefficient (Wildman–Crippen LogP) is 3.44. The van der Waals surface area contributed by atoms with Gasteiger partial charge in [0.05, 0.1) is 6.04 Å². The van der Waals surface area contributed by atoms with Crippen molar-refractivity contribution in [3.8, 4) is 11.1 Å². The molecular formula is C26H30N2O6. The van der Waals surface area contributed by atoms with Crippen LogP contribution in [-0.2, 0) is 19.1 Å². The minimum Gasteiger partial charge on any atom is -0.479 e. The van der Waals surface area contributed by atoms with Crippen molar-refractivity contribution in [2.24, 2.45) is 0 Å². The zero-order valence-electron chi connectivity index (χ0n) is 19.4. The first-order valence-corrected chi connectivity index (χ1v) is 11.7. The van der Waals surface area contributed by atoms with E-state index in [1.165, 1.54) is 0 Å². The third-order valence-electron chi connectivity index (χ3n) is 6.98. The fourth-order valence-electron chi connectivity index (χ4n) is 4.92. The van der Waals surface area contributed by atoms with E-state index in [9.17, 15) is 19.5 Å². The third-order valence-corrected chi connectivity index (χ3v) is 6.98. The largest absolute Gasteiger partial charge is 0.479 e. The van der Waals surface area contributed by atoms with E-state index in [2.05, 4.69) is 22.8 Å². The maximum atomic E-state index is 13.1. The van der Waals surface area contributed by atoms with Gasteiger partial charge in [-0.2, -0.15) is 0 Å². The van der Waals surface area contributed by atoms with Crippen molar-refractivity contribution in [1.82, 2.24) is 10.6 Å². The molecule has 1 saturated heterocycles. The highest BCUT2D eigenvalue weighted by Crippen LogP contribution is 2.44. The molecule has 2 unspecified atom stereocenters. The van der Waals surface area contributed by atoms with Crippen molar-refractivity contribution < 1.29 is 29.0 Å². The molecule has 0 bridgehead atoms. The molecule has 2 amide bonds. The predicted molar refractivity (Wildman–Crippen MR) is 125 cm³/mol. The Kier molecular flexibility index (Phi) is 6.88. The fourth-order valence-corrected chi connectivity index (χ4v) is 4.92. The Balaban J connectivity index is 1.43. The monoisotopic (exact) mass is 466 g/mol. The number of hydrogen-bond acceptors (Lipinski definition) is 5. The summed E-state index contributed by atoms with van der Waals surface area (Å²) in [6.45, 7) is 3.99. The Morgan fingerprint density at radius 3 is 2.18 bits per heavy atom. The van der Waals surface area contributed by atoms with E-state index in [-0.39, 0.29) is 19.1 Å². The lowest BCUT2D eigenvalue weighted by molar-refractivity contribution is -0.148. The van der Waals surface area contributed by atoms with Crippen LogP contribution in [0.2, 0.25) is 0 Å². The zero-order chi connectivity index (χ0) is 24.3. The van der Waals surface area contributed by atoms with E-state index in [1.807, 2.05) is 36.4 Å². The molecule has 1 heterocycles. The van der Waals surface area contributed by atoms with Crippen molar-refractivity contribution in [3.05, 3.63) is 59.7 Å². The topological polar surface area (TPSA) is 114 Å². The summed E-state index contributed by atoms with van der Waals surface area (Å²) in [7, 11) is 0. The van der Waals surface area contributed by atoms with Gasteiger partial charge in [0.2, 0.25) is 5.91 Å². The summed E-state index contributed by atoms with van der Waals surface area (Å²) >= 11 is 0. The van der Waals surface area contributed by atoms with Gasteiger partial charge >= 0.3 is 12.1 Å². The summed E-state index contributed by atoms with van der Waals surface area (Å²) in [4.78, 5) is 37.4. The first-order valence-electron chi connectivity index (χ1n) is 11.7. The Bertz CT molecular complexity index is 1030. The molecule has 2 aliphatic rings. The van der Waals surface area contributed by atoms with Crippen LogP contribution in [0.15, 0.2) is 48.5 Å². The average molecular weight is 467 g/mol. The summed E-state index contributed by atoms with van der Waals surface area (Å²) in [6, 6.07) is 15.5. The quantitative estimate of drug-likeness (QED) is 0.549. The van der Waals surface area contributed by atoms with Crippen LogP contribution in [0.3, 0.4) is 0 Å². The summed E-state index contributed by atoms with van der Waals surface area (Å²) in [6.07, 6.45) is -0.727. The highest BCUT2D eigenvalue weighted by atomic mass is 16.5. The molecule has 0 saturated carbocycles. The zero-order valence-corrected chi connectivity index (χ0v) is 19.4. The highest BCUT2D eigenvalue weighted by molar-refractivity contribution is 5.90. The van der Waals surface area contributed by atoms with Crippen molar-refractivity contribution >= 4 is 18.0 Å². The van der Waals surface area contributed by atoms with E-state index in [1.54, 1.807) is 13.8 Å². The van der Waals surface area contributed by atoms with Gasteiger partial charge < -0.3 is 25.2 Å². The lowest BCUT2D eigenvalue weighted by Gasteiger charge is -2.32. The van der Waals surface area contributed by atoms with Gasteiger partial charge in [-0.1, -0.05) is 62.4 Å². The Labute approximate surface area is 198 Å². The molecule has 0 aromatic heterocycles. The number of fused-ring (bicyclic) bond motifs is 3. The number of amides is 2. The molecule has 1 aliphatic heterocycles. The van der Waals surface area contributed by atoms with Crippen LogP contribution < -0.4 is 10.6 Å². The van der Waals surface area contributed by atoms with Gasteiger partial charge in [0.15, 0.2) is 6.10 Å². The fraction of sp³-hybridized carbons (Fsp3) is 0.423. The van der Waals surface area contributed by atoms with E-state index >= 15 is 0 Å². The number of benzene rings is 2. The second-order valence-corrected chi connectivity index (χ2v) is 8.74. The summed E-state index contributed by atoms with van der Waals surface area (Å²) in [5, 5.41) is 14.8. The molecule has 180 valence electrons. The highest BCUT2D eigenvalue weighted by Gasteiger charge is 2.42. The maximum absolute atomic E-state index is 13.1. The molecule has 8 nitrogen and oxygen atoms in total. The molecule has 2 aromatic carbocycles. The second-order valence-electron chi connectivity index (χ2n) is 8.74. The van der Waals surface area contributed by atoms with E-state index in [0.717, 1.165) is 22.3 Å². The van der Waals surface area contributed by atoms with Crippen LogP contribution >= 0.6 is 0 Å². The van der Waals surface area contributed by atoms with Crippen LogP contribution in [-0.4, -0.2) is 54.0 Å². The minimum atomic E-state index is -1.21. The van der Waals surface area contributed by atoms with Crippen LogP contribution in [0.25, 0.3) is 11.1 Å². The van der Waals surface area contributed by atoms with Crippen LogP contribution in [0, 0.1) is 0 Å². The van der Waals surface area contributed by atoms with Gasteiger partial charge in [-0.15, -0.1) is 0 Å². The van der Waals surface area contributed by atoms with Gasteiger partial charge in [0.1, 0.15) is 12.1 Å². The minimum absolute atomic E-state index is 0.0865. The van der Waals surface area contributed by atoms with E-state index < -0.39 is 35.7 Å². The standard InChI is InChI=1S/C26H30N2O6/c1-3-26(4-2,24(31)27-21-13-14-33-22(21)23(29)30)28-25(32)34-15-20-18-11-7-5-9-16(18)17-10-6-8-12-19(17)20/h5-12,20-22H,3-4,13-15H2,1-2H3,(H,27,31)(H,28,32)(H,29,30). The number of ether oxygens (including phenoxy) is 2. The molecular weight excluding hydrogens is 436 g/mol. The lowest BCUT2D eigenvalue weighted by atomic mass is 9.91. The first kappa shape index (κ1) is 23.8. The maximum Gasteiger partial charge on any atom is 0.408 e. The molecule has 8 heteroatoms. The Morgan fingerprint density at radius 2 is 1.62 bits per heavy atom. The molecule has 1 fully saturated rings. The summed E-state index contributed by atoms with van der Waals surface area (Å²) in [5.74, 6) is -1.64. The first-order chi connectivity index (χ1) is 16.4. The molecule has 34 heavy (non-hydrogen) atoms. The summed E-state index contributed by atoms with van der Waals surface area (Å²) < 4.78 is 10.8. The Morgan fingerprint density at radius 1 is 1.03 bits per heavy atom. The molecule has 2 atom stereocenters. The van der Waals surface area contributed by atoms with E-state index in [4.69, 9.17) is 9.47 Å².